The number of rotatable bonds is 7. The van der Waals surface area contributed by atoms with Crippen LogP contribution in [-0.2, 0) is 18.2 Å². The quantitative estimate of drug-likeness (QED) is 0.804. The third kappa shape index (κ3) is 4.10. The minimum Gasteiger partial charge on any atom is -0.378 e. The van der Waals surface area contributed by atoms with Gasteiger partial charge in [0.1, 0.15) is 0 Å². The van der Waals surface area contributed by atoms with Crippen molar-refractivity contribution >= 4 is 0 Å². The zero-order valence-corrected chi connectivity index (χ0v) is 11.6. The summed E-state index contributed by atoms with van der Waals surface area (Å²) in [5, 5.41) is 8.09. The normalized spacial score (nSPS) is 21.3. The average molecular weight is 251 g/mol. The van der Waals surface area contributed by atoms with Crippen LogP contribution in [0.2, 0.25) is 0 Å². The van der Waals surface area contributed by atoms with E-state index in [1.807, 2.05) is 17.9 Å². The monoisotopic (exact) mass is 251 g/mol. The van der Waals surface area contributed by atoms with E-state index in [9.17, 15) is 0 Å². The number of aromatic nitrogens is 2. The van der Waals surface area contributed by atoms with Gasteiger partial charge in [0.25, 0.3) is 0 Å². The van der Waals surface area contributed by atoms with Crippen LogP contribution in [0.1, 0.15) is 38.3 Å². The molecule has 1 saturated heterocycles. The maximum Gasteiger partial charge on any atom is 0.0640 e. The lowest BCUT2D eigenvalue weighted by molar-refractivity contribution is 0.0945. The van der Waals surface area contributed by atoms with E-state index in [1.54, 1.807) is 0 Å². The van der Waals surface area contributed by atoms with Crippen molar-refractivity contribution in [3.63, 3.8) is 0 Å². The van der Waals surface area contributed by atoms with Crippen LogP contribution in [0.4, 0.5) is 0 Å². The van der Waals surface area contributed by atoms with Gasteiger partial charge >= 0.3 is 0 Å². The summed E-state index contributed by atoms with van der Waals surface area (Å²) < 4.78 is 7.61. The Bertz CT molecular complexity index is 345. The molecule has 0 saturated carbocycles. The molecule has 1 N–H and O–H groups in total. The van der Waals surface area contributed by atoms with Gasteiger partial charge in [-0.15, -0.1) is 0 Å². The molecule has 0 aromatic carbocycles. The van der Waals surface area contributed by atoms with Gasteiger partial charge in [0.2, 0.25) is 0 Å². The van der Waals surface area contributed by atoms with Crippen molar-refractivity contribution in [3.8, 4) is 0 Å². The van der Waals surface area contributed by atoms with Crippen LogP contribution in [0.5, 0.6) is 0 Å². The molecule has 102 valence electrons. The van der Waals surface area contributed by atoms with E-state index >= 15 is 0 Å². The van der Waals surface area contributed by atoms with Gasteiger partial charge in [0.05, 0.1) is 11.8 Å². The Morgan fingerprint density at radius 2 is 2.50 bits per heavy atom. The highest BCUT2D eigenvalue weighted by molar-refractivity contribution is 5.01. The first-order valence-corrected chi connectivity index (χ1v) is 7.11. The van der Waals surface area contributed by atoms with Gasteiger partial charge in [-0.3, -0.25) is 4.68 Å². The summed E-state index contributed by atoms with van der Waals surface area (Å²) >= 11 is 0. The minimum absolute atomic E-state index is 0.447. The Labute approximate surface area is 110 Å². The molecule has 4 heteroatoms. The summed E-state index contributed by atoms with van der Waals surface area (Å²) in [6, 6.07) is 2.60. The van der Waals surface area contributed by atoms with E-state index in [0.717, 1.165) is 26.0 Å². The molecular formula is C14H25N3O. The molecule has 2 atom stereocenters. The van der Waals surface area contributed by atoms with E-state index in [4.69, 9.17) is 4.74 Å². The standard InChI is InChI=1S/C14H25N3O/c1-3-7-15-13(11-14-5-4-9-18-14)10-12-6-8-17(2)16-12/h6,8,13-15H,3-5,7,9-11H2,1-2H3. The van der Waals surface area contributed by atoms with Gasteiger partial charge in [0.15, 0.2) is 0 Å². The van der Waals surface area contributed by atoms with Crippen LogP contribution in [0.25, 0.3) is 0 Å². The molecule has 2 heterocycles. The van der Waals surface area contributed by atoms with Crippen molar-refractivity contribution in [2.24, 2.45) is 7.05 Å². The fourth-order valence-corrected chi connectivity index (χ4v) is 2.56. The smallest absolute Gasteiger partial charge is 0.0640 e. The van der Waals surface area contributed by atoms with Crippen molar-refractivity contribution in [1.29, 1.82) is 0 Å². The molecule has 0 spiro atoms. The van der Waals surface area contributed by atoms with E-state index in [1.165, 1.54) is 25.0 Å². The molecule has 1 aromatic rings. The van der Waals surface area contributed by atoms with Gasteiger partial charge in [-0.2, -0.15) is 5.10 Å². The van der Waals surface area contributed by atoms with E-state index < -0.39 is 0 Å². The highest BCUT2D eigenvalue weighted by atomic mass is 16.5. The van der Waals surface area contributed by atoms with Crippen LogP contribution in [-0.4, -0.2) is 35.1 Å². The SMILES string of the molecule is CCCNC(Cc1ccn(C)n1)CC1CCCO1. The van der Waals surface area contributed by atoms with Gasteiger partial charge in [-0.1, -0.05) is 6.92 Å². The highest BCUT2D eigenvalue weighted by Crippen LogP contribution is 2.18. The first kappa shape index (κ1) is 13.6. The Kier molecular flexibility index (Phi) is 5.20. The second-order valence-corrected chi connectivity index (χ2v) is 5.21. The molecule has 1 aromatic heterocycles. The number of hydrogen-bond donors (Lipinski definition) is 1. The summed E-state index contributed by atoms with van der Waals surface area (Å²) in [5.41, 5.74) is 1.17. The zero-order chi connectivity index (χ0) is 12.8. The first-order valence-electron chi connectivity index (χ1n) is 7.11. The fraction of sp³-hybridized carbons (Fsp3) is 0.786. The predicted octanol–water partition coefficient (Wildman–Crippen LogP) is 1.90. The molecule has 1 aliphatic rings. The van der Waals surface area contributed by atoms with Crippen LogP contribution in [0, 0.1) is 0 Å². The summed E-state index contributed by atoms with van der Waals surface area (Å²) in [4.78, 5) is 0. The molecule has 4 nitrogen and oxygen atoms in total. The Morgan fingerprint density at radius 1 is 1.61 bits per heavy atom. The fourth-order valence-electron chi connectivity index (χ4n) is 2.56. The number of aryl methyl sites for hydroxylation is 1. The van der Waals surface area contributed by atoms with Gasteiger partial charge in [0, 0.05) is 32.3 Å². The maximum atomic E-state index is 5.74. The van der Waals surface area contributed by atoms with Crippen molar-refractivity contribution in [2.45, 2.75) is 51.2 Å². The minimum atomic E-state index is 0.447. The number of nitrogens with one attached hydrogen (secondary N) is 1. The lowest BCUT2D eigenvalue weighted by atomic mass is 10.0. The Morgan fingerprint density at radius 3 is 3.11 bits per heavy atom. The Balaban J connectivity index is 1.86. The second kappa shape index (κ2) is 6.90. The average Bonchev–Trinajstić information content (AvgIpc) is 2.98. The van der Waals surface area contributed by atoms with Crippen LogP contribution >= 0.6 is 0 Å². The number of ether oxygens (including phenoxy) is 1. The number of nitrogens with zero attached hydrogens (tertiary/aromatic N) is 2. The predicted molar refractivity (Wildman–Crippen MR) is 72.6 cm³/mol. The Hall–Kier alpha value is -0.870. The second-order valence-electron chi connectivity index (χ2n) is 5.21. The van der Waals surface area contributed by atoms with Crippen molar-refractivity contribution in [2.75, 3.05) is 13.2 Å². The summed E-state index contributed by atoms with van der Waals surface area (Å²) in [6.07, 6.45) is 8.17. The van der Waals surface area contributed by atoms with E-state index in [2.05, 4.69) is 23.4 Å². The van der Waals surface area contributed by atoms with E-state index in [-0.39, 0.29) is 0 Å². The van der Waals surface area contributed by atoms with Crippen LogP contribution in [0.3, 0.4) is 0 Å². The molecule has 18 heavy (non-hydrogen) atoms. The van der Waals surface area contributed by atoms with Gasteiger partial charge < -0.3 is 10.1 Å². The van der Waals surface area contributed by atoms with Crippen LogP contribution < -0.4 is 5.32 Å². The molecule has 1 fully saturated rings. The summed E-state index contributed by atoms with van der Waals surface area (Å²) in [7, 11) is 1.97. The highest BCUT2D eigenvalue weighted by Gasteiger charge is 2.21. The van der Waals surface area contributed by atoms with E-state index in [0.29, 0.717) is 12.1 Å². The largest absolute Gasteiger partial charge is 0.378 e. The molecule has 0 bridgehead atoms. The maximum absolute atomic E-state index is 5.74. The lowest BCUT2D eigenvalue weighted by Gasteiger charge is -2.20. The van der Waals surface area contributed by atoms with Crippen LogP contribution in [0.15, 0.2) is 12.3 Å². The summed E-state index contributed by atoms with van der Waals surface area (Å²) in [5.74, 6) is 0. The topological polar surface area (TPSA) is 39.1 Å². The molecule has 1 aliphatic heterocycles. The zero-order valence-electron chi connectivity index (χ0n) is 11.6. The van der Waals surface area contributed by atoms with Gasteiger partial charge in [-0.05, 0) is 38.3 Å². The van der Waals surface area contributed by atoms with Crippen molar-refractivity contribution < 1.29 is 4.74 Å². The molecule has 0 aliphatic carbocycles. The van der Waals surface area contributed by atoms with Crippen molar-refractivity contribution in [3.05, 3.63) is 18.0 Å². The molecule has 2 unspecified atom stereocenters. The number of hydrogen-bond acceptors (Lipinski definition) is 3. The van der Waals surface area contributed by atoms with Gasteiger partial charge in [-0.25, -0.2) is 0 Å². The first-order chi connectivity index (χ1) is 8.78. The van der Waals surface area contributed by atoms with Crippen molar-refractivity contribution in [1.82, 2.24) is 15.1 Å². The lowest BCUT2D eigenvalue weighted by Crippen LogP contribution is -2.35. The third-order valence-corrected chi connectivity index (χ3v) is 3.48. The molecular weight excluding hydrogens is 226 g/mol. The molecule has 0 amide bonds. The molecule has 0 radical (unpaired) electrons. The third-order valence-electron chi connectivity index (χ3n) is 3.48. The summed E-state index contributed by atoms with van der Waals surface area (Å²) in [6.45, 7) is 4.22. The molecule has 2 rings (SSSR count).